The third-order valence-electron chi connectivity index (χ3n) is 13.4. The third kappa shape index (κ3) is 4.94. The number of carbonyl (C=O) groups is 2. The van der Waals surface area contributed by atoms with E-state index in [0.717, 1.165) is 19.2 Å². The average Bonchev–Trinajstić information content (AvgIpc) is 4.16. The van der Waals surface area contributed by atoms with E-state index in [1.165, 1.54) is 63.3 Å². The van der Waals surface area contributed by atoms with Crippen molar-refractivity contribution in [2.75, 3.05) is 0 Å². The van der Waals surface area contributed by atoms with Gasteiger partial charge < -0.3 is 0 Å². The summed E-state index contributed by atoms with van der Waals surface area (Å²) in [6.45, 7) is 9.19. The van der Waals surface area contributed by atoms with E-state index in [1.807, 2.05) is 48.6 Å². The number of benzene rings is 4. The first kappa shape index (κ1) is 38.4. The normalized spacial score (nSPS) is 17.0. The molecule has 0 saturated heterocycles. The van der Waals surface area contributed by atoms with Crippen LogP contribution in [-0.4, -0.2) is 11.6 Å². The minimum Gasteiger partial charge on any atom is -0.289 e. The first-order valence-electron chi connectivity index (χ1n) is 20.5. The van der Waals surface area contributed by atoms with Crippen molar-refractivity contribution in [3.05, 3.63) is 161 Å². The highest BCUT2D eigenvalue weighted by atomic mass is 32.1. The summed E-state index contributed by atoms with van der Waals surface area (Å²) in [5.41, 5.74) is 10.8. The second-order valence-corrected chi connectivity index (χ2v) is 21.8. The first-order chi connectivity index (χ1) is 30.9. The molecule has 0 aliphatic heterocycles. The zero-order valence-corrected chi connectivity index (χ0v) is 37.7. The van der Waals surface area contributed by atoms with Gasteiger partial charge in [-0.2, -0.15) is 21.0 Å². The number of fused-ring (bicyclic) bond motifs is 13. The lowest BCUT2D eigenvalue weighted by molar-refractivity contribution is 0.103. The van der Waals surface area contributed by atoms with Gasteiger partial charge in [0.05, 0.1) is 9.40 Å². The highest BCUT2D eigenvalue weighted by Crippen LogP contribution is 2.61. The van der Waals surface area contributed by atoms with E-state index in [4.69, 9.17) is 0 Å². The number of rotatable bonds is 2. The van der Waals surface area contributed by atoms with Crippen molar-refractivity contribution in [3.63, 3.8) is 0 Å². The topological polar surface area (TPSA) is 129 Å². The smallest absolute Gasteiger partial charge is 0.194 e. The molecular weight excluding hydrogens is 865 g/mol. The van der Waals surface area contributed by atoms with E-state index in [0.29, 0.717) is 44.5 Å². The molecule has 64 heavy (non-hydrogen) atoms. The summed E-state index contributed by atoms with van der Waals surface area (Å²) >= 11 is 6.86. The quantitative estimate of drug-likeness (QED) is 0.125. The molecule has 0 atom stereocenters. The van der Waals surface area contributed by atoms with Gasteiger partial charge in [-0.25, -0.2) is 0 Å². The standard InChI is InChI=1S/C54H28N4O2S4/c1-53(2)39-15-26-16-40-36(50-46(54(40,3)4)52-42(64-50)20-30(62-52)18-38-44(28(23-57)24-58)32-10-6-8-12-34(32)48(38)60)14-25(26)13-35(39)49-45(53)51-41(63-49)19-29(61-51)17-37-43(27(21-55)22-56)31-9-5-7-11-33(31)47(37)59/h5-20H,1-4H3/b37-17-,38-18-. The summed E-state index contributed by atoms with van der Waals surface area (Å²) in [6, 6.07) is 36.2. The van der Waals surface area contributed by atoms with E-state index >= 15 is 0 Å². The van der Waals surface area contributed by atoms with Crippen LogP contribution in [0.5, 0.6) is 0 Å². The molecule has 0 spiro atoms. The summed E-state index contributed by atoms with van der Waals surface area (Å²) in [7, 11) is 0. The second kappa shape index (κ2) is 13.1. The molecule has 0 unspecified atom stereocenters. The van der Waals surface area contributed by atoms with Crippen molar-refractivity contribution >= 4 is 110 Å². The number of hydrogen-bond donors (Lipinski definition) is 0. The number of Topliss-reactive ketones (excluding diaryl/α,β-unsaturated/α-hetero) is 2. The van der Waals surface area contributed by atoms with Crippen molar-refractivity contribution in [2.45, 2.75) is 38.5 Å². The van der Waals surface area contributed by atoms with Crippen molar-refractivity contribution in [1.82, 2.24) is 0 Å². The summed E-state index contributed by atoms with van der Waals surface area (Å²) in [4.78, 5) is 31.7. The highest BCUT2D eigenvalue weighted by Gasteiger charge is 2.43. The molecule has 4 aromatic heterocycles. The largest absolute Gasteiger partial charge is 0.289 e. The van der Waals surface area contributed by atoms with Crippen LogP contribution < -0.4 is 0 Å². The number of nitriles is 4. The third-order valence-corrected chi connectivity index (χ3v) is 18.2. The summed E-state index contributed by atoms with van der Waals surface area (Å²) in [5.74, 6) is -0.351. The number of ketones is 2. The van der Waals surface area contributed by atoms with Gasteiger partial charge in [-0.15, -0.1) is 45.3 Å². The molecule has 4 aliphatic rings. The lowest BCUT2D eigenvalue weighted by Gasteiger charge is -2.23. The van der Waals surface area contributed by atoms with Gasteiger partial charge >= 0.3 is 0 Å². The minimum atomic E-state index is -0.287. The van der Waals surface area contributed by atoms with Gasteiger partial charge in [0.1, 0.15) is 35.4 Å². The van der Waals surface area contributed by atoms with Crippen LogP contribution in [0, 0.1) is 45.3 Å². The molecule has 8 aromatic rings. The second-order valence-electron chi connectivity index (χ2n) is 17.5. The Morgan fingerprint density at radius 1 is 0.500 bits per heavy atom. The molecule has 6 nitrogen and oxygen atoms in total. The van der Waals surface area contributed by atoms with Crippen LogP contribution in [0.15, 0.2) is 107 Å². The minimum absolute atomic E-state index is 0.0642. The molecular formula is C54H28N4O2S4. The molecule has 4 aliphatic carbocycles. The highest BCUT2D eigenvalue weighted by molar-refractivity contribution is 7.31. The van der Waals surface area contributed by atoms with E-state index < -0.39 is 0 Å². The molecule has 0 amide bonds. The monoisotopic (exact) mass is 892 g/mol. The van der Waals surface area contributed by atoms with Gasteiger partial charge in [0.2, 0.25) is 0 Å². The van der Waals surface area contributed by atoms with Crippen molar-refractivity contribution < 1.29 is 9.59 Å². The molecule has 0 N–H and O–H groups in total. The fraction of sp³-hybridized carbons (Fsp3) is 0.111. The van der Waals surface area contributed by atoms with Gasteiger partial charge in [0.15, 0.2) is 11.6 Å². The van der Waals surface area contributed by atoms with Crippen molar-refractivity contribution in [1.29, 1.82) is 21.0 Å². The zero-order chi connectivity index (χ0) is 44.1. The molecule has 0 saturated carbocycles. The summed E-state index contributed by atoms with van der Waals surface area (Å²) in [5, 5.41) is 41.7. The Hall–Kier alpha value is -7.28. The van der Waals surface area contributed by atoms with Crippen LogP contribution in [0.2, 0.25) is 0 Å². The molecule has 0 fully saturated rings. The zero-order valence-electron chi connectivity index (χ0n) is 34.5. The predicted octanol–water partition coefficient (Wildman–Crippen LogP) is 14.2. The van der Waals surface area contributed by atoms with Crippen LogP contribution >= 0.6 is 45.3 Å². The van der Waals surface area contributed by atoms with E-state index in [1.54, 1.807) is 81.7 Å². The van der Waals surface area contributed by atoms with E-state index in [2.05, 4.69) is 64.1 Å². The van der Waals surface area contributed by atoms with E-state index in [9.17, 15) is 30.6 Å². The molecule has 4 aromatic carbocycles. The molecule has 300 valence electrons. The number of allylic oxidation sites excluding steroid dienone is 6. The lowest BCUT2D eigenvalue weighted by atomic mass is 9.80. The Balaban J connectivity index is 0.937. The van der Waals surface area contributed by atoms with Gasteiger partial charge in [-0.1, -0.05) is 76.2 Å². The average molecular weight is 893 g/mol. The van der Waals surface area contributed by atoms with Gasteiger partial charge in [0, 0.05) is 73.2 Å². The maximum atomic E-state index is 13.7. The number of nitrogens with zero attached hydrogens (tertiary/aromatic N) is 4. The fourth-order valence-electron chi connectivity index (χ4n) is 10.5. The van der Waals surface area contributed by atoms with Crippen LogP contribution in [0.4, 0.5) is 0 Å². The molecule has 4 heterocycles. The lowest BCUT2D eigenvalue weighted by Crippen LogP contribution is -2.15. The number of carbonyl (C=O) groups excluding carboxylic acids is 2. The Labute approximate surface area is 383 Å². The molecule has 0 bridgehead atoms. The van der Waals surface area contributed by atoms with Gasteiger partial charge in [-0.3, -0.25) is 9.59 Å². The Morgan fingerprint density at radius 3 is 1.27 bits per heavy atom. The van der Waals surface area contributed by atoms with Crippen molar-refractivity contribution in [3.8, 4) is 45.2 Å². The summed E-state index contributed by atoms with van der Waals surface area (Å²) in [6.07, 6.45) is 3.71. The molecule has 0 radical (unpaired) electrons. The SMILES string of the molecule is CC1(C)c2cc3cc4c(cc3cc2-c2sc3cc(/C=C5\C(=O)c6ccccc6C5=C(C#N)C#N)sc3c21)-c1sc2cc(/C=C3\C(=O)c5ccccc5C3=C(C#N)C#N)sc2c1C4(C)C. The van der Waals surface area contributed by atoms with E-state index in [-0.39, 0.29) is 33.5 Å². The Morgan fingerprint density at radius 2 is 0.875 bits per heavy atom. The molecule has 10 heteroatoms. The van der Waals surface area contributed by atoms with Crippen LogP contribution in [0.25, 0.3) is 73.8 Å². The van der Waals surface area contributed by atoms with Crippen molar-refractivity contribution in [2.24, 2.45) is 0 Å². The van der Waals surface area contributed by atoms with Gasteiger partial charge in [-0.05, 0) is 104 Å². The van der Waals surface area contributed by atoms with Crippen LogP contribution in [0.1, 0.15) is 91.5 Å². The first-order valence-corrected chi connectivity index (χ1v) is 23.7. The van der Waals surface area contributed by atoms with Crippen LogP contribution in [0.3, 0.4) is 0 Å². The Kier molecular flexibility index (Phi) is 7.88. The maximum Gasteiger partial charge on any atom is 0.194 e. The van der Waals surface area contributed by atoms with Gasteiger partial charge in [0.25, 0.3) is 0 Å². The Bertz CT molecular complexity index is 3650. The summed E-state index contributed by atoms with van der Waals surface area (Å²) < 4.78 is 4.68. The predicted molar refractivity (Wildman–Crippen MR) is 259 cm³/mol. The fourth-order valence-corrected chi connectivity index (χ4v) is 16.3. The molecule has 12 rings (SSSR count). The number of hydrogen-bond acceptors (Lipinski definition) is 10. The van der Waals surface area contributed by atoms with Crippen LogP contribution in [-0.2, 0) is 10.8 Å². The maximum absolute atomic E-state index is 13.7. The number of thiophene rings is 4.